The van der Waals surface area contributed by atoms with Gasteiger partial charge in [-0.25, -0.2) is 23.1 Å². The molecule has 1 saturated carbocycles. The first kappa shape index (κ1) is 22.9. The van der Waals surface area contributed by atoms with Crippen molar-refractivity contribution in [1.29, 1.82) is 5.26 Å². The quantitative estimate of drug-likeness (QED) is 0.392. The summed E-state index contributed by atoms with van der Waals surface area (Å²) in [6.07, 6.45) is 11.2. The number of anilines is 2. The Morgan fingerprint density at radius 1 is 1.24 bits per heavy atom. The van der Waals surface area contributed by atoms with Gasteiger partial charge in [0.05, 0.1) is 30.4 Å². The molecule has 0 aliphatic heterocycles. The molecule has 1 aliphatic carbocycles. The molecule has 0 bridgehead atoms. The van der Waals surface area contributed by atoms with Gasteiger partial charge in [-0.2, -0.15) is 10.4 Å². The zero-order valence-electron chi connectivity index (χ0n) is 18.2. The molecule has 1 unspecified atom stereocenters. The number of hydrogen-bond donors (Lipinski definition) is 3. The van der Waals surface area contributed by atoms with Crippen LogP contribution in [0.3, 0.4) is 0 Å². The van der Waals surface area contributed by atoms with Crippen LogP contribution >= 0.6 is 0 Å². The predicted octanol–water partition coefficient (Wildman–Crippen LogP) is 3.39. The average molecular weight is 466 g/mol. The maximum absolute atomic E-state index is 10.7. The summed E-state index contributed by atoms with van der Waals surface area (Å²) in [5.74, 6) is 0.958. The first-order valence-corrected chi connectivity index (χ1v) is 12.3. The van der Waals surface area contributed by atoms with Gasteiger partial charge in [-0.15, -0.1) is 0 Å². The molecular weight excluding hydrogens is 438 g/mol. The van der Waals surface area contributed by atoms with Crippen molar-refractivity contribution in [3.63, 3.8) is 0 Å². The van der Waals surface area contributed by atoms with Crippen molar-refractivity contribution in [2.75, 3.05) is 11.9 Å². The molecule has 0 saturated heterocycles. The first-order valence-electron chi connectivity index (χ1n) is 11.1. The third-order valence-electron chi connectivity index (χ3n) is 5.97. The number of nitrogens with zero attached hydrogens (tertiary/aromatic N) is 5. The van der Waals surface area contributed by atoms with Crippen LogP contribution in [0.15, 0.2) is 48.9 Å². The predicted molar refractivity (Wildman–Crippen MR) is 126 cm³/mol. The summed E-state index contributed by atoms with van der Waals surface area (Å²) in [4.78, 5) is 8.96. The van der Waals surface area contributed by atoms with Crippen molar-refractivity contribution in [2.24, 2.45) is 5.92 Å². The van der Waals surface area contributed by atoms with E-state index >= 15 is 0 Å². The topological polar surface area (TPSA) is 126 Å². The van der Waals surface area contributed by atoms with Crippen LogP contribution in [0.2, 0.25) is 0 Å². The Balaban J connectivity index is 1.47. The maximum Gasteiger partial charge on any atom is 0.227 e. The van der Waals surface area contributed by atoms with Crippen molar-refractivity contribution >= 4 is 22.5 Å². The van der Waals surface area contributed by atoms with Crippen LogP contribution < -0.4 is 10.0 Å². The molecule has 172 valence electrons. The summed E-state index contributed by atoms with van der Waals surface area (Å²) >= 11 is 0. The highest BCUT2D eigenvalue weighted by Gasteiger charge is 2.27. The van der Waals surface area contributed by atoms with Crippen LogP contribution in [-0.4, -0.2) is 34.7 Å². The number of nitrogens with one attached hydrogen (secondary N) is 2. The number of rotatable bonds is 10. The molecule has 1 aliphatic rings. The van der Waals surface area contributed by atoms with Gasteiger partial charge in [0, 0.05) is 30.2 Å². The molecule has 0 radical (unpaired) electrons. The van der Waals surface area contributed by atoms with E-state index in [4.69, 9.17) is 0 Å². The number of aromatic nitrogens is 4. The van der Waals surface area contributed by atoms with E-state index in [1.165, 1.54) is 12.8 Å². The monoisotopic (exact) mass is 465 g/mol. The van der Waals surface area contributed by atoms with E-state index in [1.54, 1.807) is 12.4 Å². The second-order valence-electron chi connectivity index (χ2n) is 8.19. The molecule has 3 aromatic rings. The second-order valence-corrected chi connectivity index (χ2v) is 9.02. The lowest BCUT2D eigenvalue weighted by Crippen LogP contribution is -2.17. The van der Waals surface area contributed by atoms with Gasteiger partial charge in [0.1, 0.15) is 0 Å². The van der Waals surface area contributed by atoms with Gasteiger partial charge in [-0.3, -0.25) is 4.68 Å². The Hall–Kier alpha value is -3.29. The minimum absolute atomic E-state index is 0.0997. The normalized spacial score (nSPS) is 14.9. The summed E-state index contributed by atoms with van der Waals surface area (Å²) in [5.41, 5.74) is 3.45. The molecule has 4 rings (SSSR count). The number of nitriles is 1. The Kier molecular flexibility index (Phi) is 7.65. The van der Waals surface area contributed by atoms with Gasteiger partial charge in [-0.1, -0.05) is 25.0 Å². The van der Waals surface area contributed by atoms with Crippen LogP contribution in [0.5, 0.6) is 0 Å². The molecule has 2 aromatic heterocycles. The third kappa shape index (κ3) is 6.15. The first-order chi connectivity index (χ1) is 16.1. The molecular formula is C23H27N7O2S. The Morgan fingerprint density at radius 2 is 2.09 bits per heavy atom. The van der Waals surface area contributed by atoms with Crippen LogP contribution in [0.1, 0.15) is 43.7 Å². The van der Waals surface area contributed by atoms with E-state index < -0.39 is 10.9 Å². The fraction of sp³-hybridized carbons (Fsp3) is 0.391. The van der Waals surface area contributed by atoms with E-state index in [0.29, 0.717) is 31.3 Å². The van der Waals surface area contributed by atoms with E-state index in [-0.39, 0.29) is 6.04 Å². The van der Waals surface area contributed by atoms with E-state index in [0.717, 1.165) is 35.3 Å². The Labute approximate surface area is 195 Å². The third-order valence-corrected chi connectivity index (χ3v) is 6.46. The minimum atomic E-state index is -2.59. The molecule has 1 atom stereocenters. The van der Waals surface area contributed by atoms with Crippen LogP contribution in [0.4, 0.5) is 11.6 Å². The van der Waals surface area contributed by atoms with Crippen molar-refractivity contribution in [2.45, 2.75) is 44.6 Å². The van der Waals surface area contributed by atoms with Crippen LogP contribution in [0.25, 0.3) is 11.3 Å². The summed E-state index contributed by atoms with van der Waals surface area (Å²) in [6, 6.07) is 12.0. The van der Waals surface area contributed by atoms with Gasteiger partial charge in [0.25, 0.3) is 0 Å². The lowest BCUT2D eigenvalue weighted by Gasteiger charge is -2.21. The summed E-state index contributed by atoms with van der Waals surface area (Å²) in [6.45, 7) is 0.353. The molecule has 9 nitrogen and oxygen atoms in total. The van der Waals surface area contributed by atoms with E-state index in [9.17, 15) is 13.7 Å². The zero-order valence-corrected chi connectivity index (χ0v) is 19.1. The second kappa shape index (κ2) is 11.0. The molecule has 1 fully saturated rings. The number of thiol groups is 1. The molecule has 0 amide bonds. The highest BCUT2D eigenvalue weighted by atomic mass is 32.2. The molecule has 2 N–H and O–H groups in total. The maximum atomic E-state index is 10.7. The smallest absolute Gasteiger partial charge is 0.227 e. The fourth-order valence-electron chi connectivity index (χ4n) is 4.37. The van der Waals surface area contributed by atoms with Crippen LogP contribution in [-0.2, 0) is 17.3 Å². The molecule has 0 spiro atoms. The van der Waals surface area contributed by atoms with Gasteiger partial charge < -0.3 is 5.32 Å². The van der Waals surface area contributed by atoms with Crippen LogP contribution in [0, 0.1) is 17.2 Å². The minimum Gasteiger partial charge on any atom is -0.324 e. The highest BCUT2D eigenvalue weighted by molar-refractivity contribution is 7.70. The van der Waals surface area contributed by atoms with Crippen molar-refractivity contribution in [1.82, 2.24) is 24.5 Å². The lowest BCUT2D eigenvalue weighted by atomic mass is 9.96. The molecule has 2 heterocycles. The summed E-state index contributed by atoms with van der Waals surface area (Å²) in [7, 11) is -2.59. The van der Waals surface area contributed by atoms with Crippen molar-refractivity contribution < 1.29 is 8.42 Å². The largest absolute Gasteiger partial charge is 0.324 e. The highest BCUT2D eigenvalue weighted by Crippen LogP contribution is 2.36. The number of hydrogen-bond acceptors (Lipinski definition) is 7. The molecule has 33 heavy (non-hydrogen) atoms. The zero-order chi connectivity index (χ0) is 23.0. The Bertz CT molecular complexity index is 1190. The Morgan fingerprint density at radius 3 is 2.88 bits per heavy atom. The van der Waals surface area contributed by atoms with Gasteiger partial charge in [0.15, 0.2) is 0 Å². The van der Waals surface area contributed by atoms with E-state index in [1.807, 2.05) is 41.2 Å². The fourth-order valence-corrected chi connectivity index (χ4v) is 4.66. The van der Waals surface area contributed by atoms with Gasteiger partial charge in [0.2, 0.25) is 16.8 Å². The van der Waals surface area contributed by atoms with Crippen molar-refractivity contribution in [3.8, 4) is 17.3 Å². The van der Waals surface area contributed by atoms with Crippen molar-refractivity contribution in [3.05, 3.63) is 54.5 Å². The summed E-state index contributed by atoms with van der Waals surface area (Å²) < 4.78 is 25.7. The van der Waals surface area contributed by atoms with E-state index in [2.05, 4.69) is 31.2 Å². The molecule has 1 aromatic carbocycles. The van der Waals surface area contributed by atoms with Gasteiger partial charge >= 0.3 is 0 Å². The standard InChI is InChI=1S/C23H27N7O2S/c24-11-8-22(18-5-1-2-6-18)30-16-19(15-26-30)21-10-12-25-23(29-21)28-20-7-3-4-17(14-20)9-13-27-33(31)32/h3-4,7,10,12,14-16,18,22,33H,1-2,5-6,8-9,13H2,(H,25,28,29)(H,27,31,32). The number of benzene rings is 1. The van der Waals surface area contributed by atoms with Gasteiger partial charge in [-0.05, 0) is 48.9 Å². The summed E-state index contributed by atoms with van der Waals surface area (Å²) in [5, 5.41) is 17.1. The SMILES string of the molecule is N#CCC(C1CCCC1)n1cc(-c2ccnc(Nc3cccc(CCN[SH](=O)=O)c3)n2)cn1. The average Bonchev–Trinajstić information content (AvgIpc) is 3.51. The lowest BCUT2D eigenvalue weighted by molar-refractivity contribution is 0.315. The molecule has 10 heteroatoms.